The molecule has 0 heterocycles. The highest BCUT2D eigenvalue weighted by molar-refractivity contribution is 7.99. The fraction of sp³-hybridized carbons (Fsp3) is 1.00. The van der Waals surface area contributed by atoms with Crippen molar-refractivity contribution in [3.63, 3.8) is 0 Å². The van der Waals surface area contributed by atoms with Gasteiger partial charge in [-0.1, -0.05) is 0 Å². The van der Waals surface area contributed by atoms with E-state index >= 15 is 0 Å². The highest BCUT2D eigenvalue weighted by Crippen LogP contribution is 2.03. The lowest BCUT2D eigenvalue weighted by atomic mass is 10.3. The van der Waals surface area contributed by atoms with Crippen LogP contribution in [0.1, 0.15) is 13.3 Å². The quantitative estimate of drug-likeness (QED) is 0.597. The van der Waals surface area contributed by atoms with E-state index in [4.69, 9.17) is 9.84 Å². The number of aliphatic hydroxyl groups excluding tert-OH is 1. The molecule has 0 aromatic rings. The second-order valence-electron chi connectivity index (χ2n) is 2.24. The summed E-state index contributed by atoms with van der Waals surface area (Å²) in [5.74, 6) is 2.06. The molecule has 1 unspecified atom stereocenters. The number of hydrogen-bond donors (Lipinski definition) is 1. The van der Waals surface area contributed by atoms with Gasteiger partial charge in [0.15, 0.2) is 0 Å². The Balaban J connectivity index is 2.77. The van der Waals surface area contributed by atoms with Gasteiger partial charge in [-0.05, 0) is 19.1 Å². The molecule has 0 amide bonds. The second kappa shape index (κ2) is 7.38. The minimum Gasteiger partial charge on any atom is -0.393 e. The molecule has 0 aliphatic carbocycles. The maximum atomic E-state index is 8.86. The Labute approximate surface area is 67.0 Å². The summed E-state index contributed by atoms with van der Waals surface area (Å²) in [6.07, 6.45) is 0.726. The monoisotopic (exact) mass is 164 g/mol. The Bertz CT molecular complexity index is 66.6. The smallest absolute Gasteiger partial charge is 0.0552 e. The van der Waals surface area contributed by atoms with Crippen molar-refractivity contribution in [2.75, 3.05) is 25.2 Å². The highest BCUT2D eigenvalue weighted by Gasteiger charge is 1.94. The molecule has 1 atom stereocenters. The lowest BCUT2D eigenvalue weighted by molar-refractivity contribution is 0.192. The van der Waals surface area contributed by atoms with Gasteiger partial charge in [0.2, 0.25) is 0 Å². The molecule has 0 saturated carbocycles. The first-order valence-electron chi connectivity index (χ1n) is 3.52. The number of aliphatic hydroxyl groups is 1. The van der Waals surface area contributed by atoms with Crippen LogP contribution in [0.15, 0.2) is 0 Å². The summed E-state index contributed by atoms with van der Waals surface area (Å²) in [5, 5.41) is 8.86. The van der Waals surface area contributed by atoms with Crippen LogP contribution in [-0.2, 0) is 4.74 Å². The van der Waals surface area contributed by atoms with E-state index in [2.05, 4.69) is 0 Å². The fourth-order valence-electron chi connectivity index (χ4n) is 0.498. The van der Waals surface area contributed by atoms with Crippen LogP contribution >= 0.6 is 11.8 Å². The van der Waals surface area contributed by atoms with Gasteiger partial charge in [-0.15, -0.1) is 0 Å². The molecule has 0 aliphatic rings. The van der Waals surface area contributed by atoms with E-state index in [-0.39, 0.29) is 6.10 Å². The zero-order valence-corrected chi connectivity index (χ0v) is 7.49. The molecule has 62 valence electrons. The fourth-order valence-corrected chi connectivity index (χ4v) is 1.49. The average Bonchev–Trinajstić information content (AvgIpc) is 1.87. The lowest BCUT2D eigenvalue weighted by Crippen LogP contribution is -2.01. The first-order valence-corrected chi connectivity index (χ1v) is 4.67. The topological polar surface area (TPSA) is 29.5 Å². The molecular weight excluding hydrogens is 148 g/mol. The minimum atomic E-state index is -0.157. The predicted molar refractivity (Wildman–Crippen MR) is 45.5 cm³/mol. The van der Waals surface area contributed by atoms with Gasteiger partial charge < -0.3 is 9.84 Å². The van der Waals surface area contributed by atoms with E-state index in [9.17, 15) is 0 Å². The number of rotatable bonds is 6. The summed E-state index contributed by atoms with van der Waals surface area (Å²) in [6.45, 7) is 2.63. The van der Waals surface area contributed by atoms with Gasteiger partial charge in [-0.25, -0.2) is 0 Å². The molecule has 0 aliphatic heterocycles. The second-order valence-corrected chi connectivity index (χ2v) is 3.47. The summed E-state index contributed by atoms with van der Waals surface area (Å²) in [6, 6.07) is 0. The predicted octanol–water partition coefficient (Wildman–Crippen LogP) is 1.14. The third kappa shape index (κ3) is 8.27. The van der Waals surface area contributed by atoms with Crippen LogP contribution in [0.25, 0.3) is 0 Å². The Morgan fingerprint density at radius 3 is 2.70 bits per heavy atom. The number of thioether (sulfide) groups is 1. The van der Waals surface area contributed by atoms with Crippen molar-refractivity contribution in [3.05, 3.63) is 0 Å². The largest absolute Gasteiger partial charge is 0.393 e. The molecule has 0 fully saturated rings. The zero-order valence-electron chi connectivity index (χ0n) is 6.67. The van der Waals surface area contributed by atoms with E-state index in [1.54, 1.807) is 7.11 Å². The number of methoxy groups -OCH3 is 1. The van der Waals surface area contributed by atoms with Gasteiger partial charge >= 0.3 is 0 Å². The molecular formula is C7H16O2S. The van der Waals surface area contributed by atoms with Crippen LogP contribution in [0.4, 0.5) is 0 Å². The van der Waals surface area contributed by atoms with Gasteiger partial charge in [0, 0.05) is 12.9 Å². The van der Waals surface area contributed by atoms with E-state index in [0.29, 0.717) is 0 Å². The van der Waals surface area contributed by atoms with Crippen LogP contribution in [-0.4, -0.2) is 36.4 Å². The van der Waals surface area contributed by atoms with E-state index in [0.717, 1.165) is 24.5 Å². The number of hydrogen-bond acceptors (Lipinski definition) is 3. The average molecular weight is 164 g/mol. The van der Waals surface area contributed by atoms with E-state index in [1.165, 1.54) is 0 Å². The third-order valence-electron chi connectivity index (χ3n) is 1.11. The Morgan fingerprint density at radius 2 is 2.20 bits per heavy atom. The normalized spacial score (nSPS) is 13.5. The standard InChI is InChI=1S/C7H16O2S/c1-7(8)3-5-10-6-4-9-2/h7-8H,3-6H2,1-2H3. The number of ether oxygens (including phenoxy) is 1. The Hall–Kier alpha value is 0.270. The van der Waals surface area contributed by atoms with Crippen LogP contribution in [0, 0.1) is 0 Å². The summed E-state index contributed by atoms with van der Waals surface area (Å²) in [5.41, 5.74) is 0. The molecule has 0 rings (SSSR count). The van der Waals surface area contributed by atoms with Crippen LogP contribution in [0.2, 0.25) is 0 Å². The van der Waals surface area contributed by atoms with Gasteiger partial charge in [0.05, 0.1) is 12.7 Å². The van der Waals surface area contributed by atoms with E-state index in [1.807, 2.05) is 18.7 Å². The molecule has 3 heteroatoms. The lowest BCUT2D eigenvalue weighted by Gasteiger charge is -2.02. The van der Waals surface area contributed by atoms with Crippen molar-refractivity contribution in [1.29, 1.82) is 0 Å². The molecule has 0 spiro atoms. The molecule has 0 aromatic heterocycles. The summed E-state index contributed by atoms with van der Waals surface area (Å²) in [7, 11) is 1.70. The van der Waals surface area contributed by atoms with Crippen molar-refractivity contribution in [1.82, 2.24) is 0 Å². The molecule has 0 saturated heterocycles. The van der Waals surface area contributed by atoms with Crippen molar-refractivity contribution < 1.29 is 9.84 Å². The molecule has 0 radical (unpaired) electrons. The van der Waals surface area contributed by atoms with Gasteiger partial charge in [0.1, 0.15) is 0 Å². The van der Waals surface area contributed by atoms with Crippen molar-refractivity contribution in [2.45, 2.75) is 19.4 Å². The van der Waals surface area contributed by atoms with Crippen LogP contribution < -0.4 is 0 Å². The molecule has 2 nitrogen and oxygen atoms in total. The maximum Gasteiger partial charge on any atom is 0.0552 e. The van der Waals surface area contributed by atoms with Crippen LogP contribution in [0.3, 0.4) is 0 Å². The third-order valence-corrected chi connectivity index (χ3v) is 2.09. The van der Waals surface area contributed by atoms with Crippen molar-refractivity contribution >= 4 is 11.8 Å². The Morgan fingerprint density at radius 1 is 1.50 bits per heavy atom. The first kappa shape index (κ1) is 10.3. The van der Waals surface area contributed by atoms with Crippen molar-refractivity contribution in [2.24, 2.45) is 0 Å². The summed E-state index contributed by atoms with van der Waals surface area (Å²) in [4.78, 5) is 0. The molecule has 0 aromatic carbocycles. The minimum absolute atomic E-state index is 0.157. The SMILES string of the molecule is COCCSCCC(C)O. The van der Waals surface area contributed by atoms with Gasteiger partial charge in [-0.2, -0.15) is 11.8 Å². The van der Waals surface area contributed by atoms with Gasteiger partial charge in [-0.3, -0.25) is 0 Å². The van der Waals surface area contributed by atoms with Gasteiger partial charge in [0.25, 0.3) is 0 Å². The van der Waals surface area contributed by atoms with Crippen LogP contribution in [0.5, 0.6) is 0 Å². The Kier molecular flexibility index (Phi) is 7.58. The highest BCUT2D eigenvalue weighted by atomic mass is 32.2. The first-order chi connectivity index (χ1) is 4.77. The zero-order chi connectivity index (χ0) is 7.82. The molecule has 0 bridgehead atoms. The summed E-state index contributed by atoms with van der Waals surface area (Å²) < 4.78 is 4.87. The van der Waals surface area contributed by atoms with E-state index < -0.39 is 0 Å². The summed E-state index contributed by atoms with van der Waals surface area (Å²) >= 11 is 1.82. The van der Waals surface area contributed by atoms with Crippen molar-refractivity contribution in [3.8, 4) is 0 Å². The molecule has 10 heavy (non-hydrogen) atoms. The molecule has 1 N–H and O–H groups in total. The maximum absolute atomic E-state index is 8.86.